The van der Waals surface area contributed by atoms with Crippen molar-refractivity contribution in [3.8, 4) is 0 Å². The molecule has 0 aliphatic heterocycles. The number of nitrogens with one attached hydrogen (secondary N) is 1. The summed E-state index contributed by atoms with van der Waals surface area (Å²) in [6, 6.07) is 4.50. The van der Waals surface area contributed by atoms with Crippen LogP contribution in [0.15, 0.2) is 23.6 Å². The number of benzene rings is 1. The molecule has 1 heterocycles. The van der Waals surface area contributed by atoms with Gasteiger partial charge in [-0.2, -0.15) is 0 Å². The molecule has 2 nitrogen and oxygen atoms in total. The number of halogens is 2. The average molecular weight is 285 g/mol. The lowest BCUT2D eigenvalue weighted by Gasteiger charge is -2.16. The Balaban J connectivity index is 2.25. The summed E-state index contributed by atoms with van der Waals surface area (Å²) in [7, 11) is 1.81. The topological polar surface area (TPSA) is 24.9 Å². The first-order valence-electron chi connectivity index (χ1n) is 5.63. The predicted molar refractivity (Wildman–Crippen MR) is 73.8 cm³/mol. The van der Waals surface area contributed by atoms with E-state index in [2.05, 4.69) is 10.3 Å². The molecule has 0 fully saturated rings. The molecule has 0 aliphatic rings. The van der Waals surface area contributed by atoms with E-state index in [0.29, 0.717) is 17.0 Å². The molecule has 1 aromatic carbocycles. The number of aromatic nitrogens is 1. The molecule has 0 amide bonds. The van der Waals surface area contributed by atoms with E-state index in [0.717, 1.165) is 10.7 Å². The Kier molecular flexibility index (Phi) is 4.32. The molecule has 0 radical (unpaired) electrons. The van der Waals surface area contributed by atoms with E-state index in [4.69, 9.17) is 11.6 Å². The van der Waals surface area contributed by atoms with Gasteiger partial charge >= 0.3 is 0 Å². The predicted octanol–water partition coefficient (Wildman–Crippen LogP) is 3.75. The normalized spacial score (nSPS) is 12.7. The van der Waals surface area contributed by atoms with Gasteiger partial charge in [0.1, 0.15) is 5.82 Å². The van der Waals surface area contributed by atoms with Crippen LogP contribution in [0, 0.1) is 12.7 Å². The molecule has 0 aliphatic carbocycles. The maximum absolute atomic E-state index is 13.8. The number of thiazole rings is 1. The van der Waals surface area contributed by atoms with Gasteiger partial charge in [-0.3, -0.25) is 0 Å². The quantitative estimate of drug-likeness (QED) is 0.925. The van der Waals surface area contributed by atoms with E-state index in [9.17, 15) is 4.39 Å². The minimum absolute atomic E-state index is 0.116. The number of hydrogen-bond donors (Lipinski definition) is 1. The van der Waals surface area contributed by atoms with Crippen LogP contribution in [0.3, 0.4) is 0 Å². The molecular formula is C13H14ClFN2S. The van der Waals surface area contributed by atoms with Crippen LogP contribution in [0.2, 0.25) is 5.02 Å². The van der Waals surface area contributed by atoms with Crippen LogP contribution in [-0.2, 0) is 6.42 Å². The van der Waals surface area contributed by atoms with Crippen LogP contribution in [0.25, 0.3) is 0 Å². The van der Waals surface area contributed by atoms with E-state index < -0.39 is 0 Å². The molecule has 2 rings (SSSR count). The van der Waals surface area contributed by atoms with Gasteiger partial charge in [0.2, 0.25) is 0 Å². The Morgan fingerprint density at radius 3 is 2.89 bits per heavy atom. The van der Waals surface area contributed by atoms with Gasteiger partial charge in [0.15, 0.2) is 0 Å². The molecule has 0 spiro atoms. The van der Waals surface area contributed by atoms with E-state index >= 15 is 0 Å². The van der Waals surface area contributed by atoms with Crippen molar-refractivity contribution in [1.82, 2.24) is 10.3 Å². The first-order valence-corrected chi connectivity index (χ1v) is 6.89. The summed E-state index contributed by atoms with van der Waals surface area (Å²) in [5, 5.41) is 6.64. The number of rotatable bonds is 4. The second-order valence-electron chi connectivity index (χ2n) is 4.09. The second-order valence-corrected chi connectivity index (χ2v) is 5.47. The molecule has 1 unspecified atom stereocenters. The number of aryl methyl sites for hydroxylation is 1. The summed E-state index contributed by atoms with van der Waals surface area (Å²) in [6.45, 7) is 1.95. The van der Waals surface area contributed by atoms with Gasteiger partial charge in [-0.1, -0.05) is 11.6 Å². The molecule has 1 atom stereocenters. The standard InChI is InChI=1S/C13H14ClFN2S/c1-8-7-18-13(17-8)6-12(16-2)10-5-9(14)3-4-11(10)15/h3-5,7,12,16H,6H2,1-2H3. The SMILES string of the molecule is CNC(Cc1nc(C)cs1)c1cc(Cl)ccc1F. The van der Waals surface area contributed by atoms with Crippen molar-refractivity contribution in [1.29, 1.82) is 0 Å². The van der Waals surface area contributed by atoms with Gasteiger partial charge in [-0.15, -0.1) is 11.3 Å². The Morgan fingerprint density at radius 2 is 2.28 bits per heavy atom. The summed E-state index contributed by atoms with van der Waals surface area (Å²) >= 11 is 7.51. The minimum Gasteiger partial charge on any atom is -0.313 e. The van der Waals surface area contributed by atoms with E-state index in [-0.39, 0.29) is 11.9 Å². The lowest BCUT2D eigenvalue weighted by atomic mass is 10.0. The highest BCUT2D eigenvalue weighted by molar-refractivity contribution is 7.09. The summed E-state index contributed by atoms with van der Waals surface area (Å²) < 4.78 is 13.8. The van der Waals surface area contributed by atoms with E-state index in [1.165, 1.54) is 6.07 Å². The highest BCUT2D eigenvalue weighted by atomic mass is 35.5. The molecule has 0 saturated carbocycles. The lowest BCUT2D eigenvalue weighted by Crippen LogP contribution is -2.20. The van der Waals surface area contributed by atoms with Gasteiger partial charge in [0, 0.05) is 34.1 Å². The van der Waals surface area contributed by atoms with Gasteiger partial charge in [0.25, 0.3) is 0 Å². The van der Waals surface area contributed by atoms with Crippen LogP contribution in [0.1, 0.15) is 22.3 Å². The second kappa shape index (κ2) is 5.78. The summed E-state index contributed by atoms with van der Waals surface area (Å²) in [5.74, 6) is -0.243. The lowest BCUT2D eigenvalue weighted by molar-refractivity contribution is 0.533. The Morgan fingerprint density at radius 1 is 1.50 bits per heavy atom. The molecule has 1 N–H and O–H groups in total. The molecule has 2 aromatic rings. The van der Waals surface area contributed by atoms with E-state index in [1.54, 1.807) is 23.5 Å². The van der Waals surface area contributed by atoms with Crippen LogP contribution in [-0.4, -0.2) is 12.0 Å². The first-order chi connectivity index (χ1) is 8.60. The van der Waals surface area contributed by atoms with Crippen molar-refractivity contribution in [2.45, 2.75) is 19.4 Å². The van der Waals surface area contributed by atoms with Crippen molar-refractivity contribution < 1.29 is 4.39 Å². The monoisotopic (exact) mass is 284 g/mol. The zero-order valence-electron chi connectivity index (χ0n) is 10.2. The summed E-state index contributed by atoms with van der Waals surface area (Å²) in [5.41, 5.74) is 1.58. The number of likely N-dealkylation sites (N-methyl/N-ethyl adjacent to an activating group) is 1. The molecule has 0 saturated heterocycles. The van der Waals surface area contributed by atoms with Crippen molar-refractivity contribution in [2.24, 2.45) is 0 Å². The fourth-order valence-electron chi connectivity index (χ4n) is 1.82. The fourth-order valence-corrected chi connectivity index (χ4v) is 2.82. The summed E-state index contributed by atoms with van der Waals surface area (Å²) in [6.07, 6.45) is 0.659. The van der Waals surface area contributed by atoms with Gasteiger partial charge < -0.3 is 5.32 Å². The molecule has 0 bridgehead atoms. The molecule has 1 aromatic heterocycles. The third-order valence-corrected chi connectivity index (χ3v) is 3.95. The van der Waals surface area contributed by atoms with Crippen LogP contribution < -0.4 is 5.32 Å². The summed E-state index contributed by atoms with van der Waals surface area (Å²) in [4.78, 5) is 4.40. The minimum atomic E-state index is -0.243. The van der Waals surface area contributed by atoms with Crippen molar-refractivity contribution in [3.05, 3.63) is 50.7 Å². The molecule has 18 heavy (non-hydrogen) atoms. The average Bonchev–Trinajstić information content (AvgIpc) is 2.75. The Hall–Kier alpha value is -0.970. The number of nitrogens with zero attached hydrogens (tertiary/aromatic N) is 1. The molecule has 5 heteroatoms. The first kappa shape index (κ1) is 13.5. The van der Waals surface area contributed by atoms with Crippen molar-refractivity contribution in [2.75, 3.05) is 7.05 Å². The zero-order chi connectivity index (χ0) is 13.1. The Bertz CT molecular complexity index is 542. The van der Waals surface area contributed by atoms with E-state index in [1.807, 2.05) is 19.4 Å². The largest absolute Gasteiger partial charge is 0.313 e. The van der Waals surface area contributed by atoms with Crippen molar-refractivity contribution in [3.63, 3.8) is 0 Å². The highest BCUT2D eigenvalue weighted by Gasteiger charge is 2.16. The number of hydrogen-bond acceptors (Lipinski definition) is 3. The van der Waals surface area contributed by atoms with Crippen LogP contribution in [0.5, 0.6) is 0 Å². The maximum atomic E-state index is 13.8. The fraction of sp³-hybridized carbons (Fsp3) is 0.308. The van der Waals surface area contributed by atoms with Gasteiger partial charge in [-0.05, 0) is 32.2 Å². The maximum Gasteiger partial charge on any atom is 0.128 e. The third kappa shape index (κ3) is 3.07. The van der Waals surface area contributed by atoms with Crippen molar-refractivity contribution >= 4 is 22.9 Å². The molecular weight excluding hydrogens is 271 g/mol. The highest BCUT2D eigenvalue weighted by Crippen LogP contribution is 2.25. The Labute approximate surface area is 115 Å². The van der Waals surface area contributed by atoms with Gasteiger partial charge in [-0.25, -0.2) is 9.37 Å². The van der Waals surface area contributed by atoms with Crippen LogP contribution >= 0.6 is 22.9 Å². The van der Waals surface area contributed by atoms with Crippen LogP contribution in [0.4, 0.5) is 4.39 Å². The van der Waals surface area contributed by atoms with Gasteiger partial charge in [0.05, 0.1) is 5.01 Å². The molecule has 96 valence electrons. The third-order valence-electron chi connectivity index (χ3n) is 2.73. The smallest absolute Gasteiger partial charge is 0.128 e. The zero-order valence-corrected chi connectivity index (χ0v) is 11.8.